The summed E-state index contributed by atoms with van der Waals surface area (Å²) in [6.07, 6.45) is 0. The Morgan fingerprint density at radius 2 is 2.05 bits per heavy atom. The lowest BCUT2D eigenvalue weighted by Gasteiger charge is -2.29. The Morgan fingerprint density at radius 3 is 2.67 bits per heavy atom. The summed E-state index contributed by atoms with van der Waals surface area (Å²) < 4.78 is 5.53. The van der Waals surface area contributed by atoms with Crippen LogP contribution in [0.4, 0.5) is 5.69 Å². The van der Waals surface area contributed by atoms with Gasteiger partial charge in [-0.25, -0.2) is 4.79 Å². The number of furan rings is 1. The summed E-state index contributed by atoms with van der Waals surface area (Å²) in [7, 11) is 0. The van der Waals surface area contributed by atoms with Crippen molar-refractivity contribution in [3.05, 3.63) is 29.5 Å². The Morgan fingerprint density at radius 1 is 1.33 bits per heavy atom. The van der Waals surface area contributed by atoms with E-state index in [9.17, 15) is 9.90 Å². The summed E-state index contributed by atoms with van der Waals surface area (Å²) in [4.78, 5) is 13.7. The molecule has 112 valence electrons. The van der Waals surface area contributed by atoms with Crippen molar-refractivity contribution in [2.24, 2.45) is 0 Å². The zero-order valence-corrected chi connectivity index (χ0v) is 12.3. The second kappa shape index (κ2) is 5.41. The number of piperazine rings is 1. The van der Waals surface area contributed by atoms with Crippen molar-refractivity contribution >= 4 is 22.6 Å². The molecule has 1 aromatic heterocycles. The third-order valence-corrected chi connectivity index (χ3v) is 3.96. The van der Waals surface area contributed by atoms with Gasteiger partial charge in [0, 0.05) is 42.8 Å². The van der Waals surface area contributed by atoms with Crippen molar-refractivity contribution in [1.29, 1.82) is 0 Å². The van der Waals surface area contributed by atoms with Crippen molar-refractivity contribution in [3.8, 4) is 0 Å². The predicted octanol–water partition coefficient (Wildman–Crippen LogP) is 2.66. The lowest BCUT2D eigenvalue weighted by atomic mass is 9.99. The Balaban J connectivity index is 2.11. The number of hydrogen-bond donors (Lipinski definition) is 2. The first-order valence-electron chi connectivity index (χ1n) is 7.33. The standard InChI is InChI=1S/C16H20N2O3/c1-10(2)14-12-9-11(18-7-5-17-6-8-18)3-4-13(12)21-15(14)16(19)20/h3-4,9-10,17H,5-8H2,1-2H3,(H,19,20). The number of nitrogens with zero attached hydrogens (tertiary/aromatic N) is 1. The van der Waals surface area contributed by atoms with Gasteiger partial charge in [-0.1, -0.05) is 13.8 Å². The number of rotatable bonds is 3. The van der Waals surface area contributed by atoms with Crippen molar-refractivity contribution in [2.75, 3.05) is 31.1 Å². The zero-order chi connectivity index (χ0) is 15.0. The fraction of sp³-hybridized carbons (Fsp3) is 0.438. The van der Waals surface area contributed by atoms with Gasteiger partial charge < -0.3 is 19.7 Å². The van der Waals surface area contributed by atoms with E-state index >= 15 is 0 Å². The SMILES string of the molecule is CC(C)c1c(C(=O)O)oc2ccc(N3CCNCC3)cc12. The minimum absolute atomic E-state index is 0.0671. The molecule has 0 atom stereocenters. The molecule has 21 heavy (non-hydrogen) atoms. The van der Waals surface area contributed by atoms with Gasteiger partial charge in [0.25, 0.3) is 0 Å². The molecule has 0 unspecified atom stereocenters. The van der Waals surface area contributed by atoms with Crippen LogP contribution in [0.2, 0.25) is 0 Å². The van der Waals surface area contributed by atoms with Gasteiger partial charge in [-0.3, -0.25) is 0 Å². The molecule has 5 nitrogen and oxygen atoms in total. The second-order valence-corrected chi connectivity index (χ2v) is 5.72. The molecule has 2 aromatic rings. The summed E-state index contributed by atoms with van der Waals surface area (Å²) >= 11 is 0. The second-order valence-electron chi connectivity index (χ2n) is 5.72. The molecule has 0 radical (unpaired) electrons. The normalized spacial score (nSPS) is 15.9. The van der Waals surface area contributed by atoms with Crippen LogP contribution in [0, 0.1) is 0 Å². The average molecular weight is 288 g/mol. The quantitative estimate of drug-likeness (QED) is 0.909. The summed E-state index contributed by atoms with van der Waals surface area (Å²) in [6, 6.07) is 5.95. The van der Waals surface area contributed by atoms with Crippen LogP contribution in [0.25, 0.3) is 11.0 Å². The smallest absolute Gasteiger partial charge is 0.372 e. The van der Waals surface area contributed by atoms with Crippen LogP contribution in [0.5, 0.6) is 0 Å². The molecular weight excluding hydrogens is 268 g/mol. The van der Waals surface area contributed by atoms with Gasteiger partial charge >= 0.3 is 5.97 Å². The highest BCUT2D eigenvalue weighted by Crippen LogP contribution is 2.34. The maximum absolute atomic E-state index is 11.4. The number of anilines is 1. The van der Waals surface area contributed by atoms with E-state index in [4.69, 9.17) is 4.42 Å². The average Bonchev–Trinajstić information content (AvgIpc) is 2.87. The molecule has 5 heteroatoms. The van der Waals surface area contributed by atoms with E-state index < -0.39 is 5.97 Å². The first-order valence-corrected chi connectivity index (χ1v) is 7.33. The number of benzene rings is 1. The molecule has 0 saturated carbocycles. The summed E-state index contributed by atoms with van der Waals surface area (Å²) in [5.41, 5.74) is 2.56. The molecule has 0 spiro atoms. The fourth-order valence-electron chi connectivity index (χ4n) is 2.96. The molecule has 0 aliphatic carbocycles. The predicted molar refractivity (Wildman–Crippen MR) is 82.3 cm³/mol. The van der Waals surface area contributed by atoms with Crippen molar-refractivity contribution in [1.82, 2.24) is 5.32 Å². The third kappa shape index (κ3) is 2.49. The van der Waals surface area contributed by atoms with E-state index in [2.05, 4.69) is 16.3 Å². The Hall–Kier alpha value is -2.01. The highest BCUT2D eigenvalue weighted by molar-refractivity contribution is 5.96. The van der Waals surface area contributed by atoms with E-state index in [0.29, 0.717) is 5.58 Å². The number of hydrogen-bond acceptors (Lipinski definition) is 4. The summed E-state index contributed by atoms with van der Waals surface area (Å²) in [6.45, 7) is 7.86. The maximum Gasteiger partial charge on any atom is 0.372 e. The molecular formula is C16H20N2O3. The Kier molecular flexibility index (Phi) is 3.59. The Labute approximate surface area is 123 Å². The topological polar surface area (TPSA) is 65.7 Å². The molecule has 3 rings (SSSR count). The highest BCUT2D eigenvalue weighted by atomic mass is 16.4. The van der Waals surface area contributed by atoms with E-state index in [1.165, 1.54) is 0 Å². The molecule has 1 aliphatic rings. The third-order valence-electron chi connectivity index (χ3n) is 3.96. The van der Waals surface area contributed by atoms with Gasteiger partial charge in [-0.2, -0.15) is 0 Å². The van der Waals surface area contributed by atoms with Crippen LogP contribution >= 0.6 is 0 Å². The van der Waals surface area contributed by atoms with Gasteiger partial charge in [0.05, 0.1) is 0 Å². The summed E-state index contributed by atoms with van der Waals surface area (Å²) in [5.74, 6) is -0.827. The number of nitrogens with one attached hydrogen (secondary N) is 1. The molecule has 0 amide bonds. The molecule has 2 N–H and O–H groups in total. The van der Waals surface area contributed by atoms with Gasteiger partial charge in [-0.15, -0.1) is 0 Å². The van der Waals surface area contributed by atoms with Gasteiger partial charge in [0.15, 0.2) is 0 Å². The van der Waals surface area contributed by atoms with Crippen LogP contribution < -0.4 is 10.2 Å². The van der Waals surface area contributed by atoms with Crippen LogP contribution in [0.1, 0.15) is 35.9 Å². The largest absolute Gasteiger partial charge is 0.475 e. The van der Waals surface area contributed by atoms with Crippen molar-refractivity contribution < 1.29 is 14.3 Å². The number of carboxylic acids is 1. The molecule has 1 aromatic carbocycles. The minimum atomic E-state index is -1.00. The molecule has 2 heterocycles. The van der Waals surface area contributed by atoms with Crippen molar-refractivity contribution in [3.63, 3.8) is 0 Å². The van der Waals surface area contributed by atoms with E-state index in [-0.39, 0.29) is 11.7 Å². The van der Waals surface area contributed by atoms with E-state index in [1.54, 1.807) is 0 Å². The van der Waals surface area contributed by atoms with Crippen LogP contribution in [-0.2, 0) is 0 Å². The Bertz CT molecular complexity index is 669. The number of fused-ring (bicyclic) bond motifs is 1. The molecule has 1 saturated heterocycles. The number of carboxylic acid groups (broad SMARTS) is 1. The molecule has 1 fully saturated rings. The minimum Gasteiger partial charge on any atom is -0.475 e. The first kappa shape index (κ1) is 13.9. The van der Waals surface area contributed by atoms with Gasteiger partial charge in [0.1, 0.15) is 5.58 Å². The zero-order valence-electron chi connectivity index (χ0n) is 12.3. The van der Waals surface area contributed by atoms with Crippen LogP contribution in [0.3, 0.4) is 0 Å². The van der Waals surface area contributed by atoms with Crippen LogP contribution in [-0.4, -0.2) is 37.3 Å². The first-order chi connectivity index (χ1) is 10.1. The van der Waals surface area contributed by atoms with E-state index in [0.717, 1.165) is 42.8 Å². The fourth-order valence-corrected chi connectivity index (χ4v) is 2.96. The molecule has 0 bridgehead atoms. The lowest BCUT2D eigenvalue weighted by Crippen LogP contribution is -2.43. The number of aromatic carboxylic acids is 1. The molecule has 1 aliphatic heterocycles. The monoisotopic (exact) mass is 288 g/mol. The number of carbonyl (C=O) groups is 1. The van der Waals surface area contributed by atoms with Gasteiger partial charge in [-0.05, 0) is 24.1 Å². The maximum atomic E-state index is 11.4. The van der Waals surface area contributed by atoms with E-state index in [1.807, 2.05) is 26.0 Å². The van der Waals surface area contributed by atoms with Crippen molar-refractivity contribution in [2.45, 2.75) is 19.8 Å². The lowest BCUT2D eigenvalue weighted by molar-refractivity contribution is 0.0663. The summed E-state index contributed by atoms with van der Waals surface area (Å²) in [5, 5.41) is 13.6. The van der Waals surface area contributed by atoms with Crippen LogP contribution in [0.15, 0.2) is 22.6 Å². The van der Waals surface area contributed by atoms with Gasteiger partial charge in [0.2, 0.25) is 5.76 Å². The highest BCUT2D eigenvalue weighted by Gasteiger charge is 2.23.